The van der Waals surface area contributed by atoms with E-state index in [1.165, 1.54) is 0 Å². The Hall–Kier alpha value is -1.79. The molecule has 1 aliphatic rings. The van der Waals surface area contributed by atoms with E-state index in [2.05, 4.69) is 10.2 Å². The maximum atomic E-state index is 11.3. The lowest BCUT2D eigenvalue weighted by molar-refractivity contribution is 0.0368. The molecule has 0 bridgehead atoms. The third-order valence-electron chi connectivity index (χ3n) is 3.49. The molecule has 1 fully saturated rings. The van der Waals surface area contributed by atoms with Crippen molar-refractivity contribution in [3.63, 3.8) is 0 Å². The maximum Gasteiger partial charge on any atom is 0.337 e. The molecule has 0 saturated carbocycles. The number of carboxylic acid groups (broad SMARTS) is 1. The first kappa shape index (κ1) is 15.6. The number of hydrogen-bond donors (Lipinski definition) is 2. The van der Waals surface area contributed by atoms with Gasteiger partial charge in [0, 0.05) is 31.7 Å². The van der Waals surface area contributed by atoms with Gasteiger partial charge in [0.05, 0.1) is 31.6 Å². The molecule has 0 aliphatic carbocycles. The highest BCUT2D eigenvalue weighted by Gasteiger charge is 2.16. The largest absolute Gasteiger partial charge is 0.497 e. The summed E-state index contributed by atoms with van der Waals surface area (Å²) in [5.74, 6) is -0.306. The lowest BCUT2D eigenvalue weighted by atomic mass is 10.1. The fourth-order valence-corrected chi connectivity index (χ4v) is 2.44. The normalized spacial score (nSPS) is 17.2. The van der Waals surface area contributed by atoms with Crippen LogP contribution in [-0.4, -0.2) is 62.0 Å². The second-order valence-electron chi connectivity index (χ2n) is 5.18. The molecule has 21 heavy (non-hydrogen) atoms. The quantitative estimate of drug-likeness (QED) is 0.829. The summed E-state index contributed by atoms with van der Waals surface area (Å²) < 4.78 is 10.5. The van der Waals surface area contributed by atoms with Crippen LogP contribution in [0.2, 0.25) is 0 Å². The number of benzene rings is 1. The van der Waals surface area contributed by atoms with Gasteiger partial charge in [-0.05, 0) is 19.1 Å². The summed E-state index contributed by atoms with van der Waals surface area (Å²) in [5, 5.41) is 12.5. The van der Waals surface area contributed by atoms with Crippen molar-refractivity contribution < 1.29 is 19.4 Å². The number of carbonyl (C=O) groups is 1. The number of methoxy groups -OCH3 is 1. The van der Waals surface area contributed by atoms with E-state index in [9.17, 15) is 9.90 Å². The van der Waals surface area contributed by atoms with Gasteiger partial charge in [-0.25, -0.2) is 4.79 Å². The Labute approximate surface area is 124 Å². The Bertz CT molecular complexity index is 487. The van der Waals surface area contributed by atoms with Crippen molar-refractivity contribution in [3.05, 3.63) is 23.8 Å². The number of morpholine rings is 1. The second kappa shape index (κ2) is 7.28. The molecule has 1 aromatic carbocycles. The first-order chi connectivity index (χ1) is 10.1. The van der Waals surface area contributed by atoms with E-state index in [4.69, 9.17) is 9.47 Å². The standard InChI is InChI=1S/C15H22N2O4/c1-11(10-17-5-7-21-8-6-17)16-14-9-12(20-2)3-4-13(14)15(18)19/h3-4,9,11,16H,5-8,10H2,1-2H3,(H,18,19). The maximum absolute atomic E-state index is 11.3. The third-order valence-corrected chi connectivity index (χ3v) is 3.49. The molecular weight excluding hydrogens is 272 g/mol. The zero-order valence-corrected chi connectivity index (χ0v) is 12.5. The fraction of sp³-hybridized carbons (Fsp3) is 0.533. The number of hydrogen-bond acceptors (Lipinski definition) is 5. The molecule has 6 nitrogen and oxygen atoms in total. The molecule has 1 unspecified atom stereocenters. The number of anilines is 1. The predicted molar refractivity (Wildman–Crippen MR) is 80.3 cm³/mol. The average Bonchev–Trinajstić information content (AvgIpc) is 2.47. The van der Waals surface area contributed by atoms with Crippen molar-refractivity contribution in [2.24, 2.45) is 0 Å². The zero-order valence-electron chi connectivity index (χ0n) is 12.5. The van der Waals surface area contributed by atoms with Crippen LogP contribution in [0.25, 0.3) is 0 Å². The van der Waals surface area contributed by atoms with Gasteiger partial charge in [-0.1, -0.05) is 0 Å². The summed E-state index contributed by atoms with van der Waals surface area (Å²) in [6.07, 6.45) is 0. The Kier molecular flexibility index (Phi) is 5.41. The summed E-state index contributed by atoms with van der Waals surface area (Å²) in [6.45, 7) is 6.23. The van der Waals surface area contributed by atoms with E-state index in [0.29, 0.717) is 11.4 Å². The van der Waals surface area contributed by atoms with Crippen molar-refractivity contribution >= 4 is 11.7 Å². The first-order valence-corrected chi connectivity index (χ1v) is 7.08. The topological polar surface area (TPSA) is 71.0 Å². The van der Waals surface area contributed by atoms with Crippen molar-refractivity contribution in [2.75, 3.05) is 45.3 Å². The van der Waals surface area contributed by atoms with Crippen molar-refractivity contribution in [3.8, 4) is 5.75 Å². The molecule has 6 heteroatoms. The number of nitrogens with one attached hydrogen (secondary N) is 1. The Morgan fingerprint density at radius 3 is 2.81 bits per heavy atom. The monoisotopic (exact) mass is 294 g/mol. The number of rotatable bonds is 6. The van der Waals surface area contributed by atoms with Gasteiger partial charge in [0.25, 0.3) is 0 Å². The van der Waals surface area contributed by atoms with E-state index >= 15 is 0 Å². The first-order valence-electron chi connectivity index (χ1n) is 7.08. The fourth-order valence-electron chi connectivity index (χ4n) is 2.44. The highest BCUT2D eigenvalue weighted by Crippen LogP contribution is 2.23. The molecule has 1 heterocycles. The number of carboxylic acids is 1. The Morgan fingerprint density at radius 2 is 2.19 bits per heavy atom. The van der Waals surface area contributed by atoms with Gasteiger partial charge in [0.2, 0.25) is 0 Å². The number of nitrogens with zero attached hydrogens (tertiary/aromatic N) is 1. The summed E-state index contributed by atoms with van der Waals surface area (Å²) in [4.78, 5) is 13.6. The van der Waals surface area contributed by atoms with Crippen LogP contribution in [0.3, 0.4) is 0 Å². The van der Waals surface area contributed by atoms with Gasteiger partial charge in [-0.3, -0.25) is 4.90 Å². The highest BCUT2D eigenvalue weighted by atomic mass is 16.5. The minimum Gasteiger partial charge on any atom is -0.497 e. The van der Waals surface area contributed by atoms with Gasteiger partial charge < -0.3 is 19.9 Å². The average molecular weight is 294 g/mol. The lowest BCUT2D eigenvalue weighted by Crippen LogP contribution is -2.42. The minimum atomic E-state index is -0.946. The molecule has 0 amide bonds. The van der Waals surface area contributed by atoms with Crippen molar-refractivity contribution in [1.29, 1.82) is 0 Å². The van der Waals surface area contributed by atoms with Crippen LogP contribution in [0.15, 0.2) is 18.2 Å². The summed E-state index contributed by atoms with van der Waals surface area (Å²) >= 11 is 0. The van der Waals surface area contributed by atoms with E-state index in [1.807, 2.05) is 6.92 Å². The number of aromatic carboxylic acids is 1. The van der Waals surface area contributed by atoms with Crippen molar-refractivity contribution in [2.45, 2.75) is 13.0 Å². The van der Waals surface area contributed by atoms with Crippen LogP contribution < -0.4 is 10.1 Å². The zero-order chi connectivity index (χ0) is 15.2. The summed E-state index contributed by atoms with van der Waals surface area (Å²) in [7, 11) is 1.57. The second-order valence-corrected chi connectivity index (χ2v) is 5.18. The minimum absolute atomic E-state index is 0.133. The van der Waals surface area contributed by atoms with Gasteiger partial charge in [0.1, 0.15) is 5.75 Å². The third kappa shape index (κ3) is 4.34. The van der Waals surface area contributed by atoms with E-state index in [0.717, 1.165) is 32.8 Å². The van der Waals surface area contributed by atoms with Gasteiger partial charge in [-0.2, -0.15) is 0 Å². The molecule has 1 aromatic rings. The summed E-state index contributed by atoms with van der Waals surface area (Å²) in [5.41, 5.74) is 0.840. The van der Waals surface area contributed by atoms with Crippen LogP contribution in [0, 0.1) is 0 Å². The van der Waals surface area contributed by atoms with Gasteiger partial charge >= 0.3 is 5.97 Å². The SMILES string of the molecule is COc1ccc(C(=O)O)c(NC(C)CN2CCOCC2)c1. The Morgan fingerprint density at radius 1 is 1.48 bits per heavy atom. The number of ether oxygens (including phenoxy) is 2. The Balaban J connectivity index is 2.04. The molecule has 1 atom stereocenters. The van der Waals surface area contributed by atoms with Crippen LogP contribution in [-0.2, 0) is 4.74 Å². The molecule has 0 aromatic heterocycles. The summed E-state index contributed by atoms with van der Waals surface area (Å²) in [6, 6.07) is 5.07. The lowest BCUT2D eigenvalue weighted by Gasteiger charge is -2.30. The van der Waals surface area contributed by atoms with Crippen LogP contribution >= 0.6 is 0 Å². The molecule has 2 N–H and O–H groups in total. The molecular formula is C15H22N2O4. The molecule has 0 spiro atoms. The van der Waals surface area contributed by atoms with Gasteiger partial charge in [0.15, 0.2) is 0 Å². The van der Waals surface area contributed by atoms with Gasteiger partial charge in [-0.15, -0.1) is 0 Å². The smallest absolute Gasteiger partial charge is 0.337 e. The molecule has 1 aliphatic heterocycles. The van der Waals surface area contributed by atoms with Crippen LogP contribution in [0.1, 0.15) is 17.3 Å². The van der Waals surface area contributed by atoms with Crippen LogP contribution in [0.4, 0.5) is 5.69 Å². The molecule has 0 radical (unpaired) electrons. The van der Waals surface area contributed by atoms with Crippen LogP contribution in [0.5, 0.6) is 5.75 Å². The molecule has 1 saturated heterocycles. The van der Waals surface area contributed by atoms with E-state index < -0.39 is 5.97 Å². The molecule has 2 rings (SSSR count). The van der Waals surface area contributed by atoms with Crippen molar-refractivity contribution in [1.82, 2.24) is 4.90 Å². The van der Waals surface area contributed by atoms with E-state index in [-0.39, 0.29) is 11.6 Å². The molecule has 116 valence electrons. The predicted octanol–water partition coefficient (Wildman–Crippen LogP) is 1.53. The van der Waals surface area contributed by atoms with E-state index in [1.54, 1.807) is 25.3 Å². The highest BCUT2D eigenvalue weighted by molar-refractivity contribution is 5.94.